The van der Waals surface area contributed by atoms with Crippen LogP contribution in [0, 0.1) is 0 Å². The summed E-state index contributed by atoms with van der Waals surface area (Å²) in [4.78, 5) is 16.8. The summed E-state index contributed by atoms with van der Waals surface area (Å²) in [5.41, 5.74) is 3.48. The standard InChI is InChI=1S/C24H19ClN2O/c1-16(19-7-6-17-4-2-3-5-20(17)14-19)27-24(28)22-9-8-21(15-23(22)25)18-10-12-26-13-11-18/h2-16H,1H3,(H,27,28)/t16-/m0/s1. The first-order valence-corrected chi connectivity index (χ1v) is 9.49. The van der Waals surface area contributed by atoms with Gasteiger partial charge < -0.3 is 5.32 Å². The molecule has 0 saturated heterocycles. The lowest BCUT2D eigenvalue weighted by Crippen LogP contribution is -2.26. The molecule has 0 fully saturated rings. The minimum Gasteiger partial charge on any atom is -0.345 e. The summed E-state index contributed by atoms with van der Waals surface area (Å²) < 4.78 is 0. The number of pyridine rings is 1. The zero-order chi connectivity index (χ0) is 19.5. The van der Waals surface area contributed by atoms with Crippen molar-refractivity contribution in [2.45, 2.75) is 13.0 Å². The molecule has 4 rings (SSSR count). The van der Waals surface area contributed by atoms with E-state index >= 15 is 0 Å². The topological polar surface area (TPSA) is 42.0 Å². The summed E-state index contributed by atoms with van der Waals surface area (Å²) in [6, 6.07) is 23.6. The minimum atomic E-state index is -0.188. The van der Waals surface area contributed by atoms with Gasteiger partial charge in [-0.15, -0.1) is 0 Å². The van der Waals surface area contributed by atoms with Crippen LogP contribution in [0.25, 0.3) is 21.9 Å². The van der Waals surface area contributed by atoms with E-state index in [0.29, 0.717) is 10.6 Å². The highest BCUT2D eigenvalue weighted by atomic mass is 35.5. The zero-order valence-corrected chi connectivity index (χ0v) is 16.1. The molecule has 1 atom stereocenters. The summed E-state index contributed by atoms with van der Waals surface area (Å²) in [5, 5.41) is 5.81. The molecule has 0 bridgehead atoms. The molecule has 0 spiro atoms. The quantitative estimate of drug-likeness (QED) is 0.464. The van der Waals surface area contributed by atoms with Crippen LogP contribution in [-0.2, 0) is 0 Å². The van der Waals surface area contributed by atoms with Gasteiger partial charge in [0.1, 0.15) is 0 Å². The Hall–Kier alpha value is -3.17. The number of aromatic nitrogens is 1. The number of carbonyl (C=O) groups is 1. The third kappa shape index (κ3) is 3.75. The first-order chi connectivity index (χ1) is 13.6. The molecule has 0 aliphatic carbocycles. The maximum Gasteiger partial charge on any atom is 0.253 e. The Morgan fingerprint density at radius 2 is 1.64 bits per heavy atom. The summed E-state index contributed by atoms with van der Waals surface area (Å²) in [6.45, 7) is 1.97. The van der Waals surface area contributed by atoms with Gasteiger partial charge >= 0.3 is 0 Å². The fourth-order valence-corrected chi connectivity index (χ4v) is 3.52. The molecule has 1 amide bonds. The number of hydrogen-bond acceptors (Lipinski definition) is 2. The second-order valence-electron chi connectivity index (χ2n) is 6.73. The van der Waals surface area contributed by atoms with Crippen LogP contribution in [0.3, 0.4) is 0 Å². The first kappa shape index (κ1) is 18.2. The van der Waals surface area contributed by atoms with Gasteiger partial charge in [0.2, 0.25) is 0 Å². The Kier molecular flexibility index (Phi) is 5.09. The normalized spacial score (nSPS) is 11.9. The molecular weight excluding hydrogens is 368 g/mol. The number of benzene rings is 3. The molecule has 0 radical (unpaired) electrons. The van der Waals surface area contributed by atoms with Gasteiger partial charge in [-0.25, -0.2) is 0 Å². The lowest BCUT2D eigenvalue weighted by molar-refractivity contribution is 0.0940. The Labute approximate surface area is 169 Å². The van der Waals surface area contributed by atoms with Crippen molar-refractivity contribution in [3.8, 4) is 11.1 Å². The highest BCUT2D eigenvalue weighted by Gasteiger charge is 2.15. The molecule has 1 heterocycles. The number of nitrogens with one attached hydrogen (secondary N) is 1. The largest absolute Gasteiger partial charge is 0.345 e. The van der Waals surface area contributed by atoms with Gasteiger partial charge in [0.25, 0.3) is 5.91 Å². The van der Waals surface area contributed by atoms with E-state index in [1.165, 1.54) is 5.39 Å². The molecule has 0 saturated carbocycles. The Morgan fingerprint density at radius 3 is 2.39 bits per heavy atom. The van der Waals surface area contributed by atoms with Crippen LogP contribution >= 0.6 is 11.6 Å². The molecule has 3 aromatic carbocycles. The minimum absolute atomic E-state index is 0.131. The number of halogens is 1. The van der Waals surface area contributed by atoms with Crippen molar-refractivity contribution in [2.24, 2.45) is 0 Å². The monoisotopic (exact) mass is 386 g/mol. The molecule has 28 heavy (non-hydrogen) atoms. The van der Waals surface area contributed by atoms with Crippen LogP contribution < -0.4 is 5.32 Å². The first-order valence-electron chi connectivity index (χ1n) is 9.11. The predicted molar refractivity (Wildman–Crippen MR) is 115 cm³/mol. The fraction of sp³-hybridized carbons (Fsp3) is 0.0833. The fourth-order valence-electron chi connectivity index (χ4n) is 3.26. The molecule has 1 aromatic heterocycles. The lowest BCUT2D eigenvalue weighted by atomic mass is 10.0. The highest BCUT2D eigenvalue weighted by Crippen LogP contribution is 2.26. The number of nitrogens with zero attached hydrogens (tertiary/aromatic N) is 1. The predicted octanol–water partition coefficient (Wildman–Crippen LogP) is 6.05. The van der Waals surface area contributed by atoms with Crippen LogP contribution in [0.1, 0.15) is 28.9 Å². The Morgan fingerprint density at radius 1 is 0.893 bits per heavy atom. The summed E-state index contributed by atoms with van der Waals surface area (Å²) >= 11 is 6.41. The van der Waals surface area contributed by atoms with E-state index in [1.807, 2.05) is 49.4 Å². The third-order valence-corrected chi connectivity index (χ3v) is 5.16. The van der Waals surface area contributed by atoms with Crippen LogP contribution in [0.15, 0.2) is 85.2 Å². The van der Waals surface area contributed by atoms with Gasteiger partial charge in [-0.3, -0.25) is 9.78 Å². The van der Waals surface area contributed by atoms with Crippen molar-refractivity contribution < 1.29 is 4.79 Å². The summed E-state index contributed by atoms with van der Waals surface area (Å²) in [7, 11) is 0. The molecule has 3 nitrogen and oxygen atoms in total. The number of amides is 1. The second kappa shape index (κ2) is 7.83. The molecule has 4 heteroatoms. The van der Waals surface area contributed by atoms with Crippen molar-refractivity contribution >= 4 is 28.3 Å². The van der Waals surface area contributed by atoms with E-state index < -0.39 is 0 Å². The van der Waals surface area contributed by atoms with Crippen LogP contribution in [0.4, 0.5) is 0 Å². The third-order valence-electron chi connectivity index (χ3n) is 4.85. The van der Waals surface area contributed by atoms with E-state index in [0.717, 1.165) is 22.1 Å². The van der Waals surface area contributed by atoms with Gasteiger partial charge in [-0.05, 0) is 64.7 Å². The average Bonchev–Trinajstić information content (AvgIpc) is 2.73. The average molecular weight is 387 g/mol. The summed E-state index contributed by atoms with van der Waals surface area (Å²) in [6.07, 6.45) is 3.46. The van der Waals surface area contributed by atoms with E-state index in [1.54, 1.807) is 18.5 Å². The molecule has 0 unspecified atom stereocenters. The Balaban J connectivity index is 1.54. The Bertz CT molecular complexity index is 1140. The molecule has 1 N–H and O–H groups in total. The van der Waals surface area contributed by atoms with Gasteiger partial charge in [-0.1, -0.05) is 54.1 Å². The van der Waals surface area contributed by atoms with Gasteiger partial charge in [0, 0.05) is 12.4 Å². The summed E-state index contributed by atoms with van der Waals surface area (Å²) in [5.74, 6) is -0.188. The highest BCUT2D eigenvalue weighted by molar-refractivity contribution is 6.34. The smallest absolute Gasteiger partial charge is 0.253 e. The lowest BCUT2D eigenvalue weighted by Gasteiger charge is -2.16. The van der Waals surface area contributed by atoms with Crippen molar-refractivity contribution in [2.75, 3.05) is 0 Å². The molecule has 0 aliphatic heterocycles. The number of hydrogen-bond donors (Lipinski definition) is 1. The van der Waals surface area contributed by atoms with Gasteiger partial charge in [0.15, 0.2) is 0 Å². The number of fused-ring (bicyclic) bond motifs is 1. The van der Waals surface area contributed by atoms with Crippen molar-refractivity contribution in [3.05, 3.63) is 101 Å². The van der Waals surface area contributed by atoms with E-state index in [2.05, 4.69) is 34.6 Å². The van der Waals surface area contributed by atoms with Gasteiger partial charge in [-0.2, -0.15) is 0 Å². The number of rotatable bonds is 4. The van der Waals surface area contributed by atoms with E-state index in [-0.39, 0.29) is 11.9 Å². The van der Waals surface area contributed by atoms with E-state index in [4.69, 9.17) is 11.6 Å². The maximum atomic E-state index is 12.8. The van der Waals surface area contributed by atoms with Crippen molar-refractivity contribution in [1.29, 1.82) is 0 Å². The van der Waals surface area contributed by atoms with Crippen LogP contribution in [0.5, 0.6) is 0 Å². The number of carbonyl (C=O) groups excluding carboxylic acids is 1. The van der Waals surface area contributed by atoms with Crippen LogP contribution in [0.2, 0.25) is 5.02 Å². The van der Waals surface area contributed by atoms with Crippen molar-refractivity contribution in [1.82, 2.24) is 10.3 Å². The second-order valence-corrected chi connectivity index (χ2v) is 7.14. The molecular formula is C24H19ClN2O. The molecule has 0 aliphatic rings. The van der Waals surface area contributed by atoms with E-state index in [9.17, 15) is 4.79 Å². The molecule has 138 valence electrons. The molecule has 4 aromatic rings. The van der Waals surface area contributed by atoms with Gasteiger partial charge in [0.05, 0.1) is 16.6 Å². The van der Waals surface area contributed by atoms with Crippen LogP contribution in [-0.4, -0.2) is 10.9 Å². The zero-order valence-electron chi connectivity index (χ0n) is 15.4. The maximum absolute atomic E-state index is 12.8. The SMILES string of the molecule is C[C@H](NC(=O)c1ccc(-c2ccncc2)cc1Cl)c1ccc2ccccc2c1. The van der Waals surface area contributed by atoms with Crippen molar-refractivity contribution in [3.63, 3.8) is 0 Å².